The van der Waals surface area contributed by atoms with Crippen LogP contribution in [0.5, 0.6) is 5.75 Å². The van der Waals surface area contributed by atoms with Gasteiger partial charge in [0.2, 0.25) is 0 Å². The van der Waals surface area contributed by atoms with Crippen LogP contribution in [0.4, 0.5) is 5.69 Å². The highest BCUT2D eigenvalue weighted by atomic mass is 16.5. The van der Waals surface area contributed by atoms with Crippen molar-refractivity contribution in [3.8, 4) is 11.8 Å². The van der Waals surface area contributed by atoms with Crippen molar-refractivity contribution < 1.29 is 14.3 Å². The Kier molecular flexibility index (Phi) is 6.12. The molecule has 26 heavy (non-hydrogen) atoms. The van der Waals surface area contributed by atoms with Gasteiger partial charge in [0, 0.05) is 11.3 Å². The molecule has 6 heteroatoms. The van der Waals surface area contributed by atoms with Crippen molar-refractivity contribution in [3.63, 3.8) is 0 Å². The molecule has 3 N–H and O–H groups in total. The summed E-state index contributed by atoms with van der Waals surface area (Å²) in [5.74, 6) is -0.776. The van der Waals surface area contributed by atoms with Crippen molar-refractivity contribution in [3.05, 3.63) is 64.7 Å². The first kappa shape index (κ1) is 18.7. The molecule has 0 aromatic heterocycles. The third-order valence-electron chi connectivity index (χ3n) is 3.81. The molecule has 2 aromatic carbocycles. The normalized spacial score (nSPS) is 10.7. The van der Waals surface area contributed by atoms with Gasteiger partial charge in [-0.05, 0) is 43.2 Å². The molecule has 2 amide bonds. The smallest absolute Gasteiger partial charge is 0.266 e. The predicted octanol–water partition coefficient (Wildman–Crippen LogP) is 2.71. The van der Waals surface area contributed by atoms with Gasteiger partial charge in [0.05, 0.1) is 0 Å². The number of nitriles is 1. The van der Waals surface area contributed by atoms with Crippen LogP contribution in [0.1, 0.15) is 16.7 Å². The Morgan fingerprint density at radius 1 is 1.19 bits per heavy atom. The maximum absolute atomic E-state index is 12.5. The van der Waals surface area contributed by atoms with E-state index in [-0.39, 0.29) is 12.2 Å². The number of benzene rings is 2. The third kappa shape index (κ3) is 4.71. The maximum atomic E-state index is 12.5. The lowest BCUT2D eigenvalue weighted by molar-refractivity contribution is -0.120. The van der Waals surface area contributed by atoms with Gasteiger partial charge in [-0.15, -0.1) is 0 Å². The van der Waals surface area contributed by atoms with E-state index in [0.717, 1.165) is 11.1 Å². The van der Waals surface area contributed by atoms with Gasteiger partial charge in [-0.25, -0.2) is 0 Å². The minimum atomic E-state index is -0.614. The number of hydrogen-bond donors (Lipinski definition) is 2. The number of aryl methyl sites for hydroxylation is 1. The van der Waals surface area contributed by atoms with Crippen molar-refractivity contribution in [1.29, 1.82) is 5.26 Å². The Bertz CT molecular complexity index is 911. The van der Waals surface area contributed by atoms with E-state index in [0.29, 0.717) is 17.0 Å². The highest BCUT2D eigenvalue weighted by Gasteiger charge is 2.13. The van der Waals surface area contributed by atoms with Gasteiger partial charge in [0.1, 0.15) is 17.4 Å². The maximum Gasteiger partial charge on any atom is 0.266 e. The van der Waals surface area contributed by atoms with E-state index in [4.69, 9.17) is 10.5 Å². The van der Waals surface area contributed by atoms with Crippen molar-refractivity contribution in [2.24, 2.45) is 5.73 Å². The molecule has 0 aliphatic carbocycles. The first-order chi connectivity index (χ1) is 12.4. The molecule has 6 nitrogen and oxygen atoms in total. The van der Waals surface area contributed by atoms with Gasteiger partial charge in [-0.2, -0.15) is 5.26 Å². The number of anilines is 1. The van der Waals surface area contributed by atoms with Crippen LogP contribution in [0.25, 0.3) is 6.08 Å². The number of amides is 2. The summed E-state index contributed by atoms with van der Waals surface area (Å²) in [5.41, 5.74) is 8.12. The molecular weight excluding hydrogens is 330 g/mol. The van der Waals surface area contributed by atoms with Crippen molar-refractivity contribution in [2.45, 2.75) is 13.8 Å². The average molecular weight is 349 g/mol. The molecule has 0 saturated carbocycles. The number of nitrogens with two attached hydrogens (primary N) is 1. The fourth-order valence-corrected chi connectivity index (χ4v) is 2.26. The van der Waals surface area contributed by atoms with E-state index in [9.17, 15) is 14.9 Å². The summed E-state index contributed by atoms with van der Waals surface area (Å²) in [4.78, 5) is 23.4. The summed E-state index contributed by atoms with van der Waals surface area (Å²) in [6.07, 6.45) is 1.41. The second kappa shape index (κ2) is 8.49. The summed E-state index contributed by atoms with van der Waals surface area (Å²) < 4.78 is 5.32. The molecule has 132 valence electrons. The molecule has 0 atom stereocenters. The Morgan fingerprint density at radius 3 is 2.62 bits per heavy atom. The number of hydrogen-bond acceptors (Lipinski definition) is 4. The zero-order chi connectivity index (χ0) is 19.1. The van der Waals surface area contributed by atoms with Crippen LogP contribution >= 0.6 is 0 Å². The second-order valence-corrected chi connectivity index (χ2v) is 5.66. The molecule has 0 aliphatic rings. The Labute approximate surface area is 151 Å². The van der Waals surface area contributed by atoms with Crippen LogP contribution in [0.3, 0.4) is 0 Å². The molecule has 2 rings (SSSR count). The summed E-state index contributed by atoms with van der Waals surface area (Å²) in [6.45, 7) is 3.55. The van der Waals surface area contributed by atoms with Crippen LogP contribution in [0, 0.1) is 25.2 Å². The molecule has 0 saturated heterocycles. The lowest BCUT2D eigenvalue weighted by Crippen LogP contribution is -2.20. The van der Waals surface area contributed by atoms with E-state index < -0.39 is 11.8 Å². The van der Waals surface area contributed by atoms with Gasteiger partial charge in [-0.1, -0.05) is 30.3 Å². The largest absolute Gasteiger partial charge is 0.483 e. The van der Waals surface area contributed by atoms with E-state index in [1.54, 1.807) is 30.3 Å². The van der Waals surface area contributed by atoms with Crippen LogP contribution < -0.4 is 15.8 Å². The van der Waals surface area contributed by atoms with Crippen molar-refractivity contribution >= 4 is 23.6 Å². The quantitative estimate of drug-likeness (QED) is 0.618. The van der Waals surface area contributed by atoms with E-state index in [1.807, 2.05) is 32.0 Å². The molecule has 0 aliphatic heterocycles. The third-order valence-corrected chi connectivity index (χ3v) is 3.81. The van der Waals surface area contributed by atoms with Gasteiger partial charge in [0.15, 0.2) is 6.61 Å². The zero-order valence-electron chi connectivity index (χ0n) is 14.6. The number of ether oxygens (including phenoxy) is 1. The lowest BCUT2D eigenvalue weighted by atomic mass is 10.1. The van der Waals surface area contributed by atoms with Crippen molar-refractivity contribution in [1.82, 2.24) is 0 Å². The monoisotopic (exact) mass is 349 g/mol. The summed E-state index contributed by atoms with van der Waals surface area (Å²) in [6, 6.07) is 14.2. The van der Waals surface area contributed by atoms with Crippen LogP contribution in [-0.4, -0.2) is 18.4 Å². The zero-order valence-corrected chi connectivity index (χ0v) is 14.6. The van der Waals surface area contributed by atoms with Gasteiger partial charge >= 0.3 is 0 Å². The molecule has 0 heterocycles. The van der Waals surface area contributed by atoms with Crippen LogP contribution in [0.15, 0.2) is 48.0 Å². The Morgan fingerprint density at radius 2 is 1.92 bits per heavy atom. The van der Waals surface area contributed by atoms with Crippen LogP contribution in [0.2, 0.25) is 0 Å². The number of carbonyl (C=O) groups excluding carboxylic acids is 2. The number of primary amides is 1. The molecule has 2 aromatic rings. The molecular formula is C20H19N3O3. The molecule has 0 unspecified atom stereocenters. The van der Waals surface area contributed by atoms with E-state index >= 15 is 0 Å². The fourth-order valence-electron chi connectivity index (χ4n) is 2.26. The highest BCUT2D eigenvalue weighted by Crippen LogP contribution is 2.22. The Hall–Kier alpha value is -3.59. The van der Waals surface area contributed by atoms with E-state index in [1.165, 1.54) is 6.08 Å². The molecule has 0 bridgehead atoms. The fraction of sp³-hybridized carbons (Fsp3) is 0.150. The number of nitrogens with zero attached hydrogens (tertiary/aromatic N) is 1. The predicted molar refractivity (Wildman–Crippen MR) is 99.3 cm³/mol. The number of carbonyl (C=O) groups is 2. The SMILES string of the molecule is Cc1cccc(NC(=O)/C(C#N)=C/c2ccccc2OCC(N)=O)c1C. The number of nitrogens with one attached hydrogen (secondary N) is 1. The standard InChI is InChI=1S/C20H19N3O3/c1-13-6-5-8-17(14(13)2)23-20(25)16(11-21)10-15-7-3-4-9-18(15)26-12-19(22)24/h3-10H,12H2,1-2H3,(H2,22,24)(H,23,25)/b16-10+. The molecule has 0 spiro atoms. The van der Waals surface area contributed by atoms with Gasteiger partial charge in [0.25, 0.3) is 11.8 Å². The molecule has 0 fully saturated rings. The Balaban J connectivity index is 2.28. The van der Waals surface area contributed by atoms with Crippen molar-refractivity contribution in [2.75, 3.05) is 11.9 Å². The first-order valence-electron chi connectivity index (χ1n) is 7.92. The lowest BCUT2D eigenvalue weighted by Gasteiger charge is -2.10. The summed E-state index contributed by atoms with van der Waals surface area (Å²) in [5, 5.41) is 12.1. The number of para-hydroxylation sites is 1. The van der Waals surface area contributed by atoms with Gasteiger partial charge in [-0.3, -0.25) is 9.59 Å². The summed E-state index contributed by atoms with van der Waals surface area (Å²) in [7, 11) is 0. The average Bonchev–Trinajstić information content (AvgIpc) is 2.62. The second-order valence-electron chi connectivity index (χ2n) is 5.66. The minimum Gasteiger partial charge on any atom is -0.483 e. The minimum absolute atomic E-state index is 0.0824. The number of rotatable bonds is 6. The summed E-state index contributed by atoms with van der Waals surface area (Å²) >= 11 is 0. The first-order valence-corrected chi connectivity index (χ1v) is 7.92. The van der Waals surface area contributed by atoms with E-state index in [2.05, 4.69) is 5.32 Å². The topological polar surface area (TPSA) is 105 Å². The highest BCUT2D eigenvalue weighted by molar-refractivity contribution is 6.10. The van der Waals surface area contributed by atoms with Crippen LogP contribution in [-0.2, 0) is 9.59 Å². The van der Waals surface area contributed by atoms with Gasteiger partial charge < -0.3 is 15.8 Å². The molecule has 0 radical (unpaired) electrons.